The molecular weight excluding hydrogens is 536 g/mol. The largest absolute Gasteiger partial charge is 0.495 e. The molecule has 7 heteroatoms. The van der Waals surface area contributed by atoms with E-state index in [4.69, 9.17) is 9.15 Å². The molecule has 0 aliphatic heterocycles. The van der Waals surface area contributed by atoms with Gasteiger partial charge < -0.3 is 14.5 Å². The Labute approximate surface area is 202 Å². The molecule has 0 aliphatic carbocycles. The predicted molar refractivity (Wildman–Crippen MR) is 135 cm³/mol. The summed E-state index contributed by atoms with van der Waals surface area (Å²) in [5, 5.41) is 2.86. The first-order chi connectivity index (χ1) is 15.3. The van der Waals surface area contributed by atoms with Gasteiger partial charge in [0.2, 0.25) is 11.8 Å². The van der Waals surface area contributed by atoms with Crippen LogP contribution in [-0.2, 0) is 4.79 Å². The van der Waals surface area contributed by atoms with Gasteiger partial charge in [-0.1, -0.05) is 22.0 Å². The third-order valence-corrected chi connectivity index (χ3v) is 6.11. The molecule has 0 radical (unpaired) electrons. The van der Waals surface area contributed by atoms with E-state index in [-0.39, 0.29) is 5.91 Å². The van der Waals surface area contributed by atoms with Crippen molar-refractivity contribution in [2.24, 2.45) is 0 Å². The number of carbonyl (C=O) groups excluding carboxylic acids is 1. The van der Waals surface area contributed by atoms with Gasteiger partial charge in [-0.3, -0.25) is 4.79 Å². The van der Waals surface area contributed by atoms with Crippen LogP contribution in [0.4, 0.5) is 5.69 Å². The number of nitrogens with one attached hydrogen (secondary N) is 1. The second kappa shape index (κ2) is 9.30. The summed E-state index contributed by atoms with van der Waals surface area (Å²) in [5.41, 5.74) is 6.07. The van der Waals surface area contributed by atoms with Crippen LogP contribution in [0.5, 0.6) is 5.75 Å². The number of aryl methyl sites for hydroxylation is 2. The second-order valence-corrected chi connectivity index (χ2v) is 9.10. The first-order valence-electron chi connectivity index (χ1n) is 9.84. The Morgan fingerprint density at radius 1 is 1.06 bits per heavy atom. The third kappa shape index (κ3) is 4.79. The second-order valence-electron chi connectivity index (χ2n) is 7.33. The first kappa shape index (κ1) is 22.3. The first-order valence-corrected chi connectivity index (χ1v) is 11.4. The number of rotatable bonds is 5. The zero-order chi connectivity index (χ0) is 22.8. The van der Waals surface area contributed by atoms with E-state index in [1.54, 1.807) is 31.4 Å². The van der Waals surface area contributed by atoms with Crippen molar-refractivity contribution in [3.05, 3.63) is 80.2 Å². The van der Waals surface area contributed by atoms with Crippen LogP contribution < -0.4 is 10.1 Å². The molecular formula is C25H20Br2N2O3. The van der Waals surface area contributed by atoms with E-state index in [1.165, 1.54) is 17.2 Å². The molecule has 3 aromatic carbocycles. The lowest BCUT2D eigenvalue weighted by atomic mass is 10.1. The minimum absolute atomic E-state index is 0.264. The highest BCUT2D eigenvalue weighted by Crippen LogP contribution is 2.33. The van der Waals surface area contributed by atoms with Crippen LogP contribution in [0.15, 0.2) is 68.0 Å². The van der Waals surface area contributed by atoms with Gasteiger partial charge in [-0.2, -0.15) is 0 Å². The quantitative estimate of drug-likeness (QED) is 0.262. The molecule has 0 bridgehead atoms. The smallest absolute Gasteiger partial charge is 0.248 e. The van der Waals surface area contributed by atoms with Crippen LogP contribution >= 0.6 is 31.9 Å². The summed E-state index contributed by atoms with van der Waals surface area (Å²) in [4.78, 5) is 17.1. The maximum Gasteiger partial charge on any atom is 0.248 e. The molecule has 32 heavy (non-hydrogen) atoms. The van der Waals surface area contributed by atoms with Crippen LogP contribution in [0.1, 0.15) is 16.7 Å². The molecule has 0 fully saturated rings. The molecule has 0 atom stereocenters. The van der Waals surface area contributed by atoms with Crippen molar-refractivity contribution in [3.8, 4) is 17.2 Å². The van der Waals surface area contributed by atoms with Crippen molar-refractivity contribution in [2.45, 2.75) is 13.8 Å². The van der Waals surface area contributed by atoms with E-state index in [0.717, 1.165) is 20.1 Å². The number of fused-ring (bicyclic) bond motifs is 1. The topological polar surface area (TPSA) is 64.4 Å². The Kier molecular flexibility index (Phi) is 6.48. The van der Waals surface area contributed by atoms with Crippen molar-refractivity contribution in [2.75, 3.05) is 12.4 Å². The molecule has 0 unspecified atom stereocenters. The minimum atomic E-state index is -0.264. The lowest BCUT2D eigenvalue weighted by Gasteiger charge is -2.08. The number of halogens is 2. The van der Waals surface area contributed by atoms with E-state index in [2.05, 4.69) is 68.1 Å². The summed E-state index contributed by atoms with van der Waals surface area (Å²) in [7, 11) is 1.59. The van der Waals surface area contributed by atoms with Gasteiger partial charge in [-0.05, 0) is 89.4 Å². The number of amides is 1. The van der Waals surface area contributed by atoms with Crippen LogP contribution in [0.2, 0.25) is 0 Å². The molecule has 0 aliphatic rings. The summed E-state index contributed by atoms with van der Waals surface area (Å²) < 4.78 is 13.0. The van der Waals surface area contributed by atoms with Gasteiger partial charge in [0.1, 0.15) is 11.3 Å². The van der Waals surface area contributed by atoms with E-state index in [1.807, 2.05) is 18.2 Å². The summed E-state index contributed by atoms with van der Waals surface area (Å²) in [6, 6.07) is 15.3. The number of hydrogen-bond donors (Lipinski definition) is 1. The van der Waals surface area contributed by atoms with Gasteiger partial charge in [0.15, 0.2) is 5.58 Å². The highest BCUT2D eigenvalue weighted by molar-refractivity contribution is 9.11. The molecule has 0 saturated heterocycles. The minimum Gasteiger partial charge on any atom is -0.495 e. The van der Waals surface area contributed by atoms with E-state index in [9.17, 15) is 4.79 Å². The Morgan fingerprint density at radius 2 is 1.88 bits per heavy atom. The zero-order valence-corrected chi connectivity index (χ0v) is 20.9. The Hall–Kier alpha value is -2.90. The molecule has 4 aromatic rings. The third-order valence-electron chi connectivity index (χ3n) is 5.06. The highest BCUT2D eigenvalue weighted by Gasteiger charge is 2.11. The molecule has 1 N–H and O–H groups in total. The highest BCUT2D eigenvalue weighted by atomic mass is 79.9. The van der Waals surface area contributed by atoms with Crippen molar-refractivity contribution in [1.82, 2.24) is 4.98 Å². The summed E-state index contributed by atoms with van der Waals surface area (Å²) in [5.74, 6) is 0.944. The standard InChI is InChI=1S/C25H20Br2N2O3/c1-14-4-5-17(10-15(14)2)25-29-21-13-19(7-8-22(21)32-25)28-23(30)9-6-16-11-18(26)12-20(27)24(16)31-3/h4-13H,1-3H3,(H,28,30). The van der Waals surface area contributed by atoms with Crippen molar-refractivity contribution in [1.29, 1.82) is 0 Å². The van der Waals surface area contributed by atoms with Crippen molar-refractivity contribution < 1.29 is 13.9 Å². The van der Waals surface area contributed by atoms with Crippen LogP contribution in [0.25, 0.3) is 28.6 Å². The van der Waals surface area contributed by atoms with Crippen LogP contribution in [0.3, 0.4) is 0 Å². The number of methoxy groups -OCH3 is 1. The SMILES string of the molecule is COc1c(Br)cc(Br)cc1C=CC(=O)Nc1ccc2oc(-c3ccc(C)c(C)c3)nc2c1. The Bertz CT molecular complexity index is 1360. The number of anilines is 1. The van der Waals surface area contributed by atoms with Gasteiger partial charge in [-0.15, -0.1) is 0 Å². The van der Waals surface area contributed by atoms with Gasteiger partial charge in [-0.25, -0.2) is 4.98 Å². The summed E-state index contributed by atoms with van der Waals surface area (Å²) >= 11 is 6.91. The maximum absolute atomic E-state index is 12.5. The summed E-state index contributed by atoms with van der Waals surface area (Å²) in [6.45, 7) is 4.13. The fourth-order valence-electron chi connectivity index (χ4n) is 3.27. The Morgan fingerprint density at radius 3 is 2.62 bits per heavy atom. The normalized spacial score (nSPS) is 11.3. The van der Waals surface area contributed by atoms with Crippen molar-refractivity contribution >= 4 is 60.6 Å². The lowest BCUT2D eigenvalue weighted by molar-refractivity contribution is -0.111. The number of carbonyl (C=O) groups is 1. The van der Waals surface area contributed by atoms with E-state index in [0.29, 0.717) is 28.4 Å². The van der Waals surface area contributed by atoms with Crippen LogP contribution in [-0.4, -0.2) is 18.0 Å². The van der Waals surface area contributed by atoms with E-state index < -0.39 is 0 Å². The molecule has 1 amide bonds. The lowest BCUT2D eigenvalue weighted by Crippen LogP contribution is -2.07. The maximum atomic E-state index is 12.5. The summed E-state index contributed by atoms with van der Waals surface area (Å²) in [6.07, 6.45) is 3.17. The number of nitrogens with zero attached hydrogens (tertiary/aromatic N) is 1. The van der Waals surface area contributed by atoms with Gasteiger partial charge >= 0.3 is 0 Å². The zero-order valence-electron chi connectivity index (χ0n) is 17.7. The number of oxazole rings is 1. The number of benzene rings is 3. The van der Waals surface area contributed by atoms with Gasteiger partial charge in [0.05, 0.1) is 11.6 Å². The fourth-order valence-corrected chi connectivity index (χ4v) is 4.69. The number of aromatic nitrogens is 1. The Balaban J connectivity index is 1.54. The molecule has 4 rings (SSSR count). The van der Waals surface area contributed by atoms with Crippen LogP contribution in [0, 0.1) is 13.8 Å². The molecule has 5 nitrogen and oxygen atoms in total. The average Bonchev–Trinajstić information content (AvgIpc) is 3.17. The fraction of sp³-hybridized carbons (Fsp3) is 0.120. The average molecular weight is 556 g/mol. The molecule has 1 aromatic heterocycles. The van der Waals surface area contributed by atoms with Gasteiger partial charge in [0.25, 0.3) is 0 Å². The predicted octanol–water partition coefficient (Wildman–Crippen LogP) is 7.30. The van der Waals surface area contributed by atoms with Crippen molar-refractivity contribution in [3.63, 3.8) is 0 Å². The molecule has 1 heterocycles. The number of ether oxygens (including phenoxy) is 1. The van der Waals surface area contributed by atoms with E-state index >= 15 is 0 Å². The van der Waals surface area contributed by atoms with Gasteiger partial charge in [0, 0.05) is 27.4 Å². The monoisotopic (exact) mass is 554 g/mol. The molecule has 0 saturated carbocycles. The molecule has 162 valence electrons. The molecule has 0 spiro atoms. The number of hydrogen-bond acceptors (Lipinski definition) is 4.